The van der Waals surface area contributed by atoms with Crippen LogP contribution >= 0.6 is 11.6 Å². The zero-order valence-electron chi connectivity index (χ0n) is 23.9. The van der Waals surface area contributed by atoms with Crippen molar-refractivity contribution < 1.29 is 13.9 Å². The number of hydrogen-bond donors (Lipinski definition) is 0. The molecular formula is C32H37ClN4O3. The summed E-state index contributed by atoms with van der Waals surface area (Å²) in [6.45, 7) is 14.3. The van der Waals surface area contributed by atoms with E-state index in [1.165, 1.54) is 5.56 Å². The van der Waals surface area contributed by atoms with Gasteiger partial charge in [-0.2, -0.15) is 5.10 Å². The lowest BCUT2D eigenvalue weighted by Crippen LogP contribution is -2.48. The van der Waals surface area contributed by atoms with Gasteiger partial charge < -0.3 is 14.1 Å². The topological polar surface area (TPSA) is 63.7 Å². The third-order valence-electron chi connectivity index (χ3n) is 7.64. The van der Waals surface area contributed by atoms with E-state index in [0.29, 0.717) is 24.6 Å². The molecule has 1 saturated heterocycles. The summed E-state index contributed by atoms with van der Waals surface area (Å²) in [6.07, 6.45) is 0. The molecule has 2 aromatic carbocycles. The summed E-state index contributed by atoms with van der Waals surface area (Å²) in [5.74, 6) is 1.94. The predicted octanol–water partition coefficient (Wildman–Crippen LogP) is 6.70. The van der Waals surface area contributed by atoms with E-state index in [0.717, 1.165) is 58.6 Å². The van der Waals surface area contributed by atoms with Gasteiger partial charge in [0.2, 0.25) is 0 Å². The molecule has 0 saturated carbocycles. The van der Waals surface area contributed by atoms with Crippen LogP contribution in [-0.4, -0.2) is 51.7 Å². The Morgan fingerprint density at radius 1 is 1.02 bits per heavy atom. The van der Waals surface area contributed by atoms with Gasteiger partial charge in [-0.3, -0.25) is 9.69 Å². The maximum atomic E-state index is 13.2. The number of ether oxygens (including phenoxy) is 1. The molecule has 1 aliphatic rings. The van der Waals surface area contributed by atoms with E-state index in [4.69, 9.17) is 25.9 Å². The highest BCUT2D eigenvalue weighted by Gasteiger charge is 2.26. The van der Waals surface area contributed by atoms with Crippen LogP contribution < -0.4 is 4.74 Å². The molecule has 0 N–H and O–H groups in total. The Bertz CT molecular complexity index is 1480. The first-order valence-electron chi connectivity index (χ1n) is 13.8. The maximum Gasteiger partial charge on any atom is 0.289 e. The molecule has 210 valence electrons. The van der Waals surface area contributed by atoms with Crippen LogP contribution in [0.5, 0.6) is 5.75 Å². The number of nitrogens with zero attached hydrogens (tertiary/aromatic N) is 4. The molecule has 1 fully saturated rings. The molecular weight excluding hydrogens is 524 g/mol. The minimum Gasteiger partial charge on any atom is -0.485 e. The van der Waals surface area contributed by atoms with Crippen molar-refractivity contribution in [2.45, 2.75) is 53.7 Å². The lowest BCUT2D eigenvalue weighted by Gasteiger charge is -2.34. The Balaban J connectivity index is 1.17. The average molecular weight is 561 g/mol. The van der Waals surface area contributed by atoms with Crippen LogP contribution in [0.1, 0.15) is 64.2 Å². The van der Waals surface area contributed by atoms with E-state index >= 15 is 0 Å². The average Bonchev–Trinajstić information content (AvgIpc) is 3.54. The van der Waals surface area contributed by atoms with Crippen molar-refractivity contribution in [2.24, 2.45) is 0 Å². The molecule has 2 aromatic heterocycles. The fourth-order valence-corrected chi connectivity index (χ4v) is 5.35. The molecule has 0 spiro atoms. The predicted molar refractivity (Wildman–Crippen MR) is 158 cm³/mol. The van der Waals surface area contributed by atoms with Gasteiger partial charge in [0.1, 0.15) is 18.1 Å². The molecule has 4 aromatic rings. The Morgan fingerprint density at radius 3 is 2.45 bits per heavy atom. The van der Waals surface area contributed by atoms with Crippen molar-refractivity contribution in [3.63, 3.8) is 0 Å². The highest BCUT2D eigenvalue weighted by Crippen LogP contribution is 2.32. The molecule has 1 aliphatic heterocycles. The van der Waals surface area contributed by atoms with Gasteiger partial charge >= 0.3 is 0 Å². The van der Waals surface area contributed by atoms with E-state index in [9.17, 15) is 4.79 Å². The van der Waals surface area contributed by atoms with E-state index in [1.54, 1.807) is 6.07 Å². The Hall–Kier alpha value is -3.55. The van der Waals surface area contributed by atoms with Gasteiger partial charge in [0, 0.05) is 49.0 Å². The van der Waals surface area contributed by atoms with Crippen LogP contribution in [0.4, 0.5) is 0 Å². The number of aromatic nitrogens is 2. The van der Waals surface area contributed by atoms with Crippen molar-refractivity contribution in [1.29, 1.82) is 0 Å². The van der Waals surface area contributed by atoms with Crippen LogP contribution in [0.15, 0.2) is 59.0 Å². The van der Waals surface area contributed by atoms with Crippen molar-refractivity contribution in [2.75, 3.05) is 26.2 Å². The molecule has 0 aliphatic carbocycles. The SMILES string of the molecule is Cc1cc(OCc2ccc(C(=O)N3CCN(Cc4c(C)nn(-c5ccccc5)c4C)CC3)o2)c(C(C)C)cc1Cl. The summed E-state index contributed by atoms with van der Waals surface area (Å²) < 4.78 is 14.0. The highest BCUT2D eigenvalue weighted by molar-refractivity contribution is 6.31. The van der Waals surface area contributed by atoms with Gasteiger partial charge in [-0.15, -0.1) is 0 Å². The fourth-order valence-electron chi connectivity index (χ4n) is 5.18. The van der Waals surface area contributed by atoms with Crippen molar-refractivity contribution in [3.8, 4) is 11.4 Å². The Labute approximate surface area is 241 Å². The minimum absolute atomic E-state index is 0.0830. The van der Waals surface area contributed by atoms with Gasteiger partial charge in [-0.25, -0.2) is 4.68 Å². The number of hydrogen-bond acceptors (Lipinski definition) is 5. The minimum atomic E-state index is -0.0830. The van der Waals surface area contributed by atoms with Crippen LogP contribution in [0, 0.1) is 20.8 Å². The lowest BCUT2D eigenvalue weighted by molar-refractivity contribution is 0.0593. The molecule has 5 rings (SSSR count). The number of carbonyl (C=O) groups excluding carboxylic acids is 1. The normalized spacial score (nSPS) is 14.2. The third-order valence-corrected chi connectivity index (χ3v) is 8.05. The molecule has 40 heavy (non-hydrogen) atoms. The maximum absolute atomic E-state index is 13.2. The monoisotopic (exact) mass is 560 g/mol. The smallest absolute Gasteiger partial charge is 0.289 e. The lowest BCUT2D eigenvalue weighted by atomic mass is 10.0. The van der Waals surface area contributed by atoms with E-state index in [2.05, 4.69) is 44.7 Å². The number of halogens is 1. The summed E-state index contributed by atoms with van der Waals surface area (Å²) in [7, 11) is 0. The summed E-state index contributed by atoms with van der Waals surface area (Å²) in [4.78, 5) is 17.4. The first-order valence-corrected chi connectivity index (χ1v) is 14.2. The number of amides is 1. The number of benzene rings is 2. The van der Waals surface area contributed by atoms with Gasteiger partial charge in [0.15, 0.2) is 5.76 Å². The van der Waals surface area contributed by atoms with Gasteiger partial charge in [-0.1, -0.05) is 43.6 Å². The van der Waals surface area contributed by atoms with Crippen LogP contribution in [0.2, 0.25) is 5.02 Å². The number of rotatable bonds is 8. The zero-order chi connectivity index (χ0) is 28.4. The Morgan fingerprint density at radius 2 is 1.75 bits per heavy atom. The van der Waals surface area contributed by atoms with E-state index < -0.39 is 0 Å². The number of furan rings is 1. The molecule has 0 unspecified atom stereocenters. The molecule has 8 heteroatoms. The number of aryl methyl sites for hydroxylation is 2. The third kappa shape index (κ3) is 5.96. The zero-order valence-corrected chi connectivity index (χ0v) is 24.7. The van der Waals surface area contributed by atoms with Crippen molar-refractivity contribution in [3.05, 3.63) is 99.2 Å². The highest BCUT2D eigenvalue weighted by atomic mass is 35.5. The largest absolute Gasteiger partial charge is 0.485 e. The number of piperazine rings is 1. The van der Waals surface area contributed by atoms with E-state index in [1.807, 2.05) is 52.9 Å². The number of para-hydroxylation sites is 1. The van der Waals surface area contributed by atoms with Crippen LogP contribution in [-0.2, 0) is 13.2 Å². The quantitative estimate of drug-likeness (QED) is 0.240. The summed E-state index contributed by atoms with van der Waals surface area (Å²) in [5.41, 5.74) is 6.52. The van der Waals surface area contributed by atoms with Gasteiger partial charge in [0.25, 0.3) is 5.91 Å². The molecule has 1 amide bonds. The van der Waals surface area contributed by atoms with Gasteiger partial charge in [0.05, 0.1) is 11.4 Å². The molecule has 0 atom stereocenters. The Kier molecular flexibility index (Phi) is 8.33. The van der Waals surface area contributed by atoms with Crippen molar-refractivity contribution >= 4 is 17.5 Å². The first-order chi connectivity index (χ1) is 19.2. The summed E-state index contributed by atoms with van der Waals surface area (Å²) in [6, 6.07) is 17.7. The molecule has 7 nitrogen and oxygen atoms in total. The second-order valence-corrected chi connectivity index (χ2v) is 11.2. The molecule has 0 radical (unpaired) electrons. The second-order valence-electron chi connectivity index (χ2n) is 10.8. The molecule has 0 bridgehead atoms. The number of carbonyl (C=O) groups is 1. The fraction of sp³-hybridized carbons (Fsp3) is 0.375. The second kappa shape index (κ2) is 11.9. The summed E-state index contributed by atoms with van der Waals surface area (Å²) in [5, 5.41) is 5.51. The van der Waals surface area contributed by atoms with Gasteiger partial charge in [-0.05, 0) is 74.2 Å². The van der Waals surface area contributed by atoms with E-state index in [-0.39, 0.29) is 18.4 Å². The van der Waals surface area contributed by atoms with Crippen LogP contribution in [0.25, 0.3) is 5.69 Å². The first kappa shape index (κ1) is 28.0. The van der Waals surface area contributed by atoms with Crippen LogP contribution in [0.3, 0.4) is 0 Å². The standard InChI is InChI=1S/C32H37ClN4O3/c1-21(2)27-18-29(33)22(3)17-31(27)39-20-26-11-12-30(40-26)32(38)36-15-13-35(14-16-36)19-28-23(4)34-37(24(28)5)25-9-7-6-8-10-25/h6-12,17-18,21H,13-16,19-20H2,1-5H3. The van der Waals surface area contributed by atoms with Crippen molar-refractivity contribution in [1.82, 2.24) is 19.6 Å². The summed E-state index contributed by atoms with van der Waals surface area (Å²) >= 11 is 6.32. The molecule has 3 heterocycles.